The average molecular weight is 198 g/mol. The highest BCUT2D eigenvalue weighted by Gasteiger charge is 2.27. The van der Waals surface area contributed by atoms with Crippen molar-refractivity contribution in [3.63, 3.8) is 0 Å². The Morgan fingerprint density at radius 2 is 2.18 bits per heavy atom. The van der Waals surface area contributed by atoms with Crippen LogP contribution in [-0.4, -0.2) is 11.9 Å². The molecule has 11 heavy (non-hydrogen) atoms. The summed E-state index contributed by atoms with van der Waals surface area (Å²) in [5.41, 5.74) is 0. The first-order valence-electron chi connectivity index (χ1n) is 2.81. The van der Waals surface area contributed by atoms with Crippen molar-refractivity contribution in [2.75, 3.05) is 5.75 Å². The predicted octanol–water partition coefficient (Wildman–Crippen LogP) is 3.40. The van der Waals surface area contributed by atoms with E-state index >= 15 is 0 Å². The standard InChI is InChI=1S/C6H5F3S2/c7-6(8,9)4-11-5-2-1-3-10-5/h1-3H,4H2. The minimum atomic E-state index is -4.06. The molecule has 0 unspecified atom stereocenters. The molecule has 62 valence electrons. The van der Waals surface area contributed by atoms with Crippen LogP contribution < -0.4 is 0 Å². The van der Waals surface area contributed by atoms with Crippen molar-refractivity contribution in [2.24, 2.45) is 0 Å². The molecule has 0 aliphatic carbocycles. The topological polar surface area (TPSA) is 0 Å². The highest BCUT2D eigenvalue weighted by atomic mass is 32.2. The molecule has 0 amide bonds. The summed E-state index contributed by atoms with van der Waals surface area (Å²) in [5, 5.41) is 1.76. The average Bonchev–Trinajstić information content (AvgIpc) is 2.32. The van der Waals surface area contributed by atoms with Gasteiger partial charge in [-0.1, -0.05) is 6.07 Å². The lowest BCUT2D eigenvalue weighted by Gasteiger charge is -2.02. The summed E-state index contributed by atoms with van der Waals surface area (Å²) in [6, 6.07) is 3.42. The maximum Gasteiger partial charge on any atom is 0.398 e. The summed E-state index contributed by atoms with van der Waals surface area (Å²) in [6.07, 6.45) is -4.06. The Labute approximate surface area is 70.4 Å². The summed E-state index contributed by atoms with van der Waals surface area (Å²) in [4.78, 5) is 0. The van der Waals surface area contributed by atoms with Crippen LogP contribution in [0.5, 0.6) is 0 Å². The first kappa shape index (κ1) is 8.93. The Bertz CT molecular complexity index is 202. The van der Waals surface area contributed by atoms with Crippen molar-refractivity contribution in [2.45, 2.75) is 10.4 Å². The van der Waals surface area contributed by atoms with Crippen molar-refractivity contribution >= 4 is 23.1 Å². The fourth-order valence-electron chi connectivity index (χ4n) is 0.499. The van der Waals surface area contributed by atoms with Crippen LogP contribution in [0, 0.1) is 0 Å². The normalized spacial score (nSPS) is 11.9. The molecule has 0 aromatic carbocycles. The molecule has 0 spiro atoms. The van der Waals surface area contributed by atoms with E-state index in [1.165, 1.54) is 11.3 Å². The molecule has 0 fully saturated rings. The van der Waals surface area contributed by atoms with Gasteiger partial charge in [0.15, 0.2) is 0 Å². The molecular weight excluding hydrogens is 193 g/mol. The molecule has 1 rings (SSSR count). The van der Waals surface area contributed by atoms with E-state index in [0.29, 0.717) is 4.21 Å². The first-order chi connectivity index (χ1) is 5.08. The van der Waals surface area contributed by atoms with E-state index < -0.39 is 11.9 Å². The number of thioether (sulfide) groups is 1. The molecule has 1 heterocycles. The van der Waals surface area contributed by atoms with Crippen LogP contribution in [0.25, 0.3) is 0 Å². The molecule has 0 saturated carbocycles. The molecule has 0 atom stereocenters. The Morgan fingerprint density at radius 1 is 1.45 bits per heavy atom. The van der Waals surface area contributed by atoms with Crippen LogP contribution in [-0.2, 0) is 0 Å². The summed E-state index contributed by atoms with van der Waals surface area (Å²) in [7, 11) is 0. The van der Waals surface area contributed by atoms with Crippen LogP contribution in [0.3, 0.4) is 0 Å². The van der Waals surface area contributed by atoms with Gasteiger partial charge in [0, 0.05) is 0 Å². The quantitative estimate of drug-likeness (QED) is 0.656. The third kappa shape index (κ3) is 3.67. The molecule has 0 saturated heterocycles. The zero-order valence-corrected chi connectivity index (χ0v) is 7.02. The monoisotopic (exact) mass is 198 g/mol. The second kappa shape index (κ2) is 3.49. The van der Waals surface area contributed by atoms with Crippen LogP contribution in [0.2, 0.25) is 0 Å². The number of thiophene rings is 1. The molecule has 0 aliphatic rings. The van der Waals surface area contributed by atoms with E-state index in [0.717, 1.165) is 11.8 Å². The van der Waals surface area contributed by atoms with Gasteiger partial charge in [-0.2, -0.15) is 13.2 Å². The summed E-state index contributed by atoms with van der Waals surface area (Å²) in [5.74, 6) is -0.798. The molecular formula is C6H5F3S2. The lowest BCUT2D eigenvalue weighted by Crippen LogP contribution is -2.10. The third-order valence-electron chi connectivity index (χ3n) is 0.873. The minimum absolute atomic E-state index is 0.710. The highest BCUT2D eigenvalue weighted by molar-refractivity contribution is 8.01. The van der Waals surface area contributed by atoms with E-state index in [1.807, 2.05) is 0 Å². The van der Waals surface area contributed by atoms with Gasteiger partial charge in [0.1, 0.15) is 0 Å². The van der Waals surface area contributed by atoms with E-state index in [-0.39, 0.29) is 0 Å². The predicted molar refractivity (Wildman–Crippen MR) is 41.1 cm³/mol. The van der Waals surface area contributed by atoms with E-state index in [2.05, 4.69) is 0 Å². The highest BCUT2D eigenvalue weighted by Crippen LogP contribution is 2.29. The fraction of sp³-hybridized carbons (Fsp3) is 0.333. The lowest BCUT2D eigenvalue weighted by molar-refractivity contribution is -0.105. The van der Waals surface area contributed by atoms with Gasteiger partial charge in [0.25, 0.3) is 0 Å². The van der Waals surface area contributed by atoms with Crippen molar-refractivity contribution < 1.29 is 13.2 Å². The first-order valence-corrected chi connectivity index (χ1v) is 4.67. The van der Waals surface area contributed by atoms with Gasteiger partial charge in [-0.15, -0.1) is 23.1 Å². The largest absolute Gasteiger partial charge is 0.398 e. The Kier molecular flexibility index (Phi) is 2.84. The summed E-state index contributed by atoms with van der Waals surface area (Å²) < 4.78 is 35.6. The van der Waals surface area contributed by atoms with Crippen molar-refractivity contribution in [1.82, 2.24) is 0 Å². The summed E-state index contributed by atoms with van der Waals surface area (Å²) >= 11 is 2.15. The molecule has 0 N–H and O–H groups in total. The molecule has 1 aromatic rings. The molecule has 0 aliphatic heterocycles. The Hall–Kier alpha value is -0.160. The number of hydrogen-bond donors (Lipinski definition) is 0. The summed E-state index contributed by atoms with van der Waals surface area (Å²) in [6.45, 7) is 0. The van der Waals surface area contributed by atoms with E-state index in [1.54, 1.807) is 17.5 Å². The maximum absolute atomic E-state index is 11.6. The molecule has 0 radical (unpaired) electrons. The van der Waals surface area contributed by atoms with Crippen molar-refractivity contribution in [1.29, 1.82) is 0 Å². The van der Waals surface area contributed by atoms with Gasteiger partial charge in [0.2, 0.25) is 0 Å². The van der Waals surface area contributed by atoms with Crippen molar-refractivity contribution in [3.05, 3.63) is 17.5 Å². The SMILES string of the molecule is FC(F)(F)CSc1cccs1. The smallest absolute Gasteiger partial charge is 0.170 e. The molecule has 0 bridgehead atoms. The Morgan fingerprint density at radius 3 is 2.64 bits per heavy atom. The third-order valence-corrected chi connectivity index (χ3v) is 3.07. The number of rotatable bonds is 2. The van der Waals surface area contributed by atoms with Crippen LogP contribution in [0.4, 0.5) is 13.2 Å². The van der Waals surface area contributed by atoms with Crippen LogP contribution >= 0.6 is 23.1 Å². The number of alkyl halides is 3. The Balaban J connectivity index is 2.35. The minimum Gasteiger partial charge on any atom is -0.170 e. The van der Waals surface area contributed by atoms with E-state index in [9.17, 15) is 13.2 Å². The molecule has 5 heteroatoms. The van der Waals surface area contributed by atoms with E-state index in [4.69, 9.17) is 0 Å². The van der Waals surface area contributed by atoms with Gasteiger partial charge in [-0.25, -0.2) is 0 Å². The number of hydrogen-bond acceptors (Lipinski definition) is 2. The second-order valence-corrected chi connectivity index (χ2v) is 4.06. The van der Waals surface area contributed by atoms with Gasteiger partial charge < -0.3 is 0 Å². The second-order valence-electron chi connectivity index (χ2n) is 1.84. The van der Waals surface area contributed by atoms with Gasteiger partial charge in [-0.3, -0.25) is 0 Å². The lowest BCUT2D eigenvalue weighted by atomic mass is 10.7. The van der Waals surface area contributed by atoms with Gasteiger partial charge >= 0.3 is 6.18 Å². The van der Waals surface area contributed by atoms with Gasteiger partial charge in [0.05, 0.1) is 9.96 Å². The van der Waals surface area contributed by atoms with Gasteiger partial charge in [-0.05, 0) is 11.4 Å². The maximum atomic E-state index is 11.6. The van der Waals surface area contributed by atoms with Crippen LogP contribution in [0.1, 0.15) is 0 Å². The zero-order valence-electron chi connectivity index (χ0n) is 5.39. The fourth-order valence-corrected chi connectivity index (χ4v) is 2.04. The molecule has 0 nitrogen and oxygen atoms in total. The zero-order chi connectivity index (χ0) is 8.32. The van der Waals surface area contributed by atoms with Crippen molar-refractivity contribution in [3.8, 4) is 0 Å². The molecule has 1 aromatic heterocycles. The van der Waals surface area contributed by atoms with Crippen LogP contribution in [0.15, 0.2) is 21.7 Å². The number of halogens is 3.